The molecule has 0 unspecified atom stereocenters. The molecule has 1 aromatic rings. The lowest BCUT2D eigenvalue weighted by atomic mass is 9.86. The summed E-state index contributed by atoms with van der Waals surface area (Å²) in [6, 6.07) is 4.37. The molecule has 1 aliphatic rings. The van der Waals surface area contributed by atoms with Crippen LogP contribution in [0.1, 0.15) is 64.7 Å². The third kappa shape index (κ3) is 5.94. The average Bonchev–Trinajstić information content (AvgIpc) is 2.52. The minimum absolute atomic E-state index is 0.0783. The van der Waals surface area contributed by atoms with E-state index >= 15 is 0 Å². The molecule has 2 rings (SSSR count). The van der Waals surface area contributed by atoms with E-state index < -0.39 is 16.8 Å². The number of halogens is 1. The molecule has 1 amide bonds. The summed E-state index contributed by atoms with van der Waals surface area (Å²) >= 11 is 0. The predicted molar refractivity (Wildman–Crippen MR) is 102 cm³/mol. The number of carbonyl (C=O) groups is 2. The zero-order chi connectivity index (χ0) is 20.4. The molecule has 1 fully saturated rings. The fraction of sp³-hybridized carbons (Fsp3) is 0.619. The highest BCUT2D eigenvalue weighted by Gasteiger charge is 2.29. The van der Waals surface area contributed by atoms with Crippen molar-refractivity contribution in [3.63, 3.8) is 0 Å². The van der Waals surface area contributed by atoms with Crippen LogP contribution in [0, 0.1) is 11.2 Å². The number of Topliss-reactive ketones (excluding diaryl/α,β-unsaturated/α-hetero) is 1. The monoisotopic (exact) mass is 379 g/mol. The Bertz CT molecular complexity index is 695. The molecule has 0 atom stereocenters. The topological polar surface area (TPSA) is 55.8 Å². The van der Waals surface area contributed by atoms with Crippen LogP contribution >= 0.6 is 0 Å². The molecule has 6 heteroatoms. The first kappa shape index (κ1) is 21.2. The summed E-state index contributed by atoms with van der Waals surface area (Å²) in [5, 5.41) is 0. The van der Waals surface area contributed by atoms with Crippen LogP contribution in [0.5, 0.6) is 5.75 Å². The van der Waals surface area contributed by atoms with Crippen molar-refractivity contribution >= 4 is 11.9 Å². The Kier molecular flexibility index (Phi) is 6.17. The van der Waals surface area contributed by atoms with Crippen molar-refractivity contribution in [2.75, 3.05) is 13.1 Å². The number of hydrogen-bond acceptors (Lipinski definition) is 4. The lowest BCUT2D eigenvalue weighted by molar-refractivity contribution is 0.0126. The number of nitrogens with zero attached hydrogens (tertiary/aromatic N) is 1. The summed E-state index contributed by atoms with van der Waals surface area (Å²) < 4.78 is 25.6. The number of likely N-dealkylation sites (tertiary alicyclic amines) is 1. The first-order valence-electron chi connectivity index (χ1n) is 9.36. The number of ether oxygens (including phenoxy) is 2. The second kappa shape index (κ2) is 7.87. The SMILES string of the molecule is CC(C)(C)OC(=O)N1CCC(Oc2ccc(C(=O)C(C)(C)C)c(F)c2)CC1. The molecule has 1 aliphatic heterocycles. The smallest absolute Gasteiger partial charge is 0.410 e. The van der Waals surface area contributed by atoms with Crippen LogP contribution in [0.15, 0.2) is 18.2 Å². The van der Waals surface area contributed by atoms with E-state index in [9.17, 15) is 14.0 Å². The minimum Gasteiger partial charge on any atom is -0.490 e. The fourth-order valence-electron chi connectivity index (χ4n) is 2.83. The summed E-state index contributed by atoms with van der Waals surface area (Å²) in [4.78, 5) is 26.0. The van der Waals surface area contributed by atoms with Crippen molar-refractivity contribution in [2.45, 2.75) is 66.1 Å². The number of amides is 1. The molecule has 150 valence electrons. The Labute approximate surface area is 160 Å². The summed E-state index contributed by atoms with van der Waals surface area (Å²) in [6.07, 6.45) is 0.858. The number of hydrogen-bond donors (Lipinski definition) is 0. The van der Waals surface area contributed by atoms with Gasteiger partial charge in [0.1, 0.15) is 23.3 Å². The van der Waals surface area contributed by atoms with Gasteiger partial charge in [-0.3, -0.25) is 4.79 Å². The fourth-order valence-corrected chi connectivity index (χ4v) is 2.83. The standard InChI is InChI=1S/C21H30FNO4/c1-20(2,3)18(24)16-8-7-15(13-17(16)22)26-14-9-11-23(12-10-14)19(25)27-21(4,5)6/h7-8,13-14H,9-12H2,1-6H3. The van der Waals surface area contributed by atoms with E-state index in [1.165, 1.54) is 12.1 Å². The predicted octanol–water partition coefficient (Wildman–Crippen LogP) is 4.83. The van der Waals surface area contributed by atoms with Gasteiger partial charge in [-0.25, -0.2) is 9.18 Å². The van der Waals surface area contributed by atoms with E-state index in [-0.39, 0.29) is 23.5 Å². The lowest BCUT2D eigenvalue weighted by Crippen LogP contribution is -2.44. The maximum absolute atomic E-state index is 14.3. The van der Waals surface area contributed by atoms with E-state index in [4.69, 9.17) is 9.47 Å². The molecule has 0 radical (unpaired) electrons. The van der Waals surface area contributed by atoms with E-state index in [1.807, 2.05) is 20.8 Å². The average molecular weight is 379 g/mol. The number of ketones is 1. The third-order valence-electron chi connectivity index (χ3n) is 4.26. The summed E-state index contributed by atoms with van der Waals surface area (Å²) in [5.74, 6) is -0.412. The maximum atomic E-state index is 14.3. The molecular formula is C21H30FNO4. The third-order valence-corrected chi connectivity index (χ3v) is 4.26. The number of piperidine rings is 1. The highest BCUT2D eigenvalue weighted by atomic mass is 19.1. The molecule has 1 heterocycles. The molecule has 5 nitrogen and oxygen atoms in total. The molecule has 0 aliphatic carbocycles. The van der Waals surface area contributed by atoms with Gasteiger partial charge in [0.2, 0.25) is 0 Å². The summed E-state index contributed by atoms with van der Waals surface area (Å²) in [7, 11) is 0. The zero-order valence-electron chi connectivity index (χ0n) is 17.1. The van der Waals surface area contributed by atoms with Crippen molar-refractivity contribution in [3.8, 4) is 5.75 Å². The van der Waals surface area contributed by atoms with Crippen molar-refractivity contribution in [1.82, 2.24) is 4.90 Å². The van der Waals surface area contributed by atoms with Gasteiger partial charge in [0.15, 0.2) is 5.78 Å². The maximum Gasteiger partial charge on any atom is 0.410 e. The molecule has 0 spiro atoms. The largest absolute Gasteiger partial charge is 0.490 e. The Morgan fingerprint density at radius 1 is 1.07 bits per heavy atom. The first-order chi connectivity index (χ1) is 12.4. The lowest BCUT2D eigenvalue weighted by Gasteiger charge is -2.33. The highest BCUT2D eigenvalue weighted by Crippen LogP contribution is 2.27. The van der Waals surface area contributed by atoms with E-state index in [2.05, 4.69) is 0 Å². The minimum atomic E-state index is -0.641. The van der Waals surface area contributed by atoms with Crippen LogP contribution in [0.25, 0.3) is 0 Å². The van der Waals surface area contributed by atoms with Crippen molar-refractivity contribution in [2.24, 2.45) is 5.41 Å². The van der Waals surface area contributed by atoms with Gasteiger partial charge in [-0.1, -0.05) is 20.8 Å². The van der Waals surface area contributed by atoms with Crippen LogP contribution in [0.2, 0.25) is 0 Å². The van der Waals surface area contributed by atoms with Gasteiger partial charge in [0.05, 0.1) is 5.56 Å². The molecule has 0 aromatic heterocycles. The van der Waals surface area contributed by atoms with Crippen LogP contribution in [0.4, 0.5) is 9.18 Å². The molecule has 0 saturated carbocycles. The summed E-state index contributed by atoms with van der Waals surface area (Å²) in [6.45, 7) is 11.9. The van der Waals surface area contributed by atoms with Crippen LogP contribution in [0.3, 0.4) is 0 Å². The van der Waals surface area contributed by atoms with Crippen molar-refractivity contribution in [1.29, 1.82) is 0 Å². The second-order valence-corrected chi connectivity index (χ2v) is 9.01. The molecule has 27 heavy (non-hydrogen) atoms. The molecule has 1 saturated heterocycles. The normalized spacial score (nSPS) is 16.2. The van der Waals surface area contributed by atoms with Gasteiger partial charge >= 0.3 is 6.09 Å². The van der Waals surface area contributed by atoms with Gasteiger partial charge in [-0.2, -0.15) is 0 Å². The van der Waals surface area contributed by atoms with Crippen molar-refractivity contribution < 1.29 is 23.5 Å². The Morgan fingerprint density at radius 3 is 2.15 bits per heavy atom. The van der Waals surface area contributed by atoms with Gasteiger partial charge in [0.25, 0.3) is 0 Å². The Balaban J connectivity index is 1.93. The van der Waals surface area contributed by atoms with Crippen LogP contribution < -0.4 is 4.74 Å². The van der Waals surface area contributed by atoms with Gasteiger partial charge in [-0.05, 0) is 32.9 Å². The van der Waals surface area contributed by atoms with Crippen LogP contribution in [-0.2, 0) is 4.74 Å². The molecule has 0 N–H and O–H groups in total. The Morgan fingerprint density at radius 2 is 1.67 bits per heavy atom. The molecular weight excluding hydrogens is 349 g/mol. The number of carbonyl (C=O) groups excluding carboxylic acids is 2. The quantitative estimate of drug-likeness (QED) is 0.706. The van der Waals surface area contributed by atoms with E-state index in [1.54, 1.807) is 31.7 Å². The zero-order valence-corrected chi connectivity index (χ0v) is 17.1. The number of benzene rings is 1. The van der Waals surface area contributed by atoms with Gasteiger partial charge in [-0.15, -0.1) is 0 Å². The Hall–Kier alpha value is -2.11. The highest BCUT2D eigenvalue weighted by molar-refractivity contribution is 6.00. The molecule has 1 aromatic carbocycles. The van der Waals surface area contributed by atoms with E-state index in [0.717, 1.165) is 0 Å². The summed E-state index contributed by atoms with van der Waals surface area (Å²) in [5.41, 5.74) is -1.08. The molecule has 0 bridgehead atoms. The van der Waals surface area contributed by atoms with Crippen molar-refractivity contribution in [3.05, 3.63) is 29.6 Å². The first-order valence-corrected chi connectivity index (χ1v) is 9.36. The van der Waals surface area contributed by atoms with Gasteiger partial charge in [0, 0.05) is 37.4 Å². The van der Waals surface area contributed by atoms with Gasteiger partial charge < -0.3 is 14.4 Å². The second-order valence-electron chi connectivity index (χ2n) is 9.01. The van der Waals surface area contributed by atoms with E-state index in [0.29, 0.717) is 31.7 Å². The van der Waals surface area contributed by atoms with Crippen LogP contribution in [-0.4, -0.2) is 41.6 Å². The number of rotatable bonds is 3.